The Morgan fingerprint density at radius 1 is 0.548 bits per heavy atom. The van der Waals surface area contributed by atoms with Gasteiger partial charge in [-0.1, -0.05) is 0 Å². The maximum atomic E-state index is 11.9. The summed E-state index contributed by atoms with van der Waals surface area (Å²) in [5.74, 6) is -2.60. The third-order valence-corrected chi connectivity index (χ3v) is 5.04. The van der Waals surface area contributed by atoms with Crippen molar-refractivity contribution < 1.29 is 81.1 Å². The van der Waals surface area contributed by atoms with Gasteiger partial charge in [0.2, 0.25) is 0 Å². The Kier molecular flexibility index (Phi) is 10.7. The number of pyridine rings is 2. The first-order valence-electron chi connectivity index (χ1n) is 10.5. The Hall–Kier alpha value is -3.98. The molecule has 16 N–H and O–H groups in total. The van der Waals surface area contributed by atoms with Crippen LogP contribution in [0.1, 0.15) is 21.0 Å². The van der Waals surface area contributed by atoms with Crippen LogP contribution in [0.5, 0.6) is 0 Å². The number of hydrogen-bond acceptors (Lipinski definition) is 18. The molecule has 2 aromatic heterocycles. The van der Waals surface area contributed by atoms with E-state index in [0.29, 0.717) is 14.1 Å². The van der Waals surface area contributed by atoms with Gasteiger partial charge in [-0.05, 0) is 12.1 Å². The highest BCUT2D eigenvalue weighted by atomic mass is 16.8. The largest absolute Gasteiger partial charge is 0.477 e. The topological polar surface area (TPSA) is 390 Å². The third kappa shape index (κ3) is 9.55. The fourth-order valence-electron chi connectivity index (χ4n) is 2.63. The molecule has 3 rings (SSSR count). The Labute approximate surface area is 229 Å². The van der Waals surface area contributed by atoms with Crippen molar-refractivity contribution in [2.24, 2.45) is 0 Å². The molecule has 1 aromatic carbocycles. The van der Waals surface area contributed by atoms with Crippen LogP contribution in [0.4, 0.5) is 0 Å². The lowest BCUT2D eigenvalue weighted by Crippen LogP contribution is -2.59. The first-order valence-corrected chi connectivity index (χ1v) is 10.5. The minimum absolute atomic E-state index is 0.145. The van der Waals surface area contributed by atoms with E-state index in [9.17, 15) is 19.2 Å². The van der Waals surface area contributed by atoms with E-state index >= 15 is 0 Å². The minimum atomic E-state index is -3.47. The molecule has 0 atom stereocenters. The van der Waals surface area contributed by atoms with Crippen LogP contribution in [-0.2, 0) is 0 Å². The molecule has 0 aliphatic rings. The van der Waals surface area contributed by atoms with Gasteiger partial charge in [-0.15, -0.1) is 0 Å². The first kappa shape index (κ1) is 36.0. The van der Waals surface area contributed by atoms with Crippen molar-refractivity contribution in [3.8, 4) is 0 Å². The number of nitrogens with one attached hydrogen (secondary N) is 2. The average Bonchev–Trinajstić information content (AvgIpc) is 2.80. The van der Waals surface area contributed by atoms with Crippen molar-refractivity contribution in [2.75, 3.05) is 14.1 Å². The molecule has 0 amide bonds. The van der Waals surface area contributed by atoms with Crippen molar-refractivity contribution in [3.63, 3.8) is 0 Å². The van der Waals surface area contributed by atoms with Gasteiger partial charge < -0.3 is 81.5 Å². The highest BCUT2D eigenvalue weighted by molar-refractivity contribution is 5.98. The Bertz CT molecular complexity index is 1410. The lowest BCUT2D eigenvalue weighted by Gasteiger charge is -2.31. The molecule has 0 spiro atoms. The van der Waals surface area contributed by atoms with Gasteiger partial charge in [0, 0.05) is 37.0 Å². The lowest BCUT2D eigenvalue weighted by atomic mass is 10.1. The first-order chi connectivity index (χ1) is 18.7. The molecule has 0 aliphatic heterocycles. The number of rotatable bonds is 6. The van der Waals surface area contributed by atoms with Gasteiger partial charge in [0.05, 0.1) is 11.0 Å². The average molecular weight is 610 g/mol. The van der Waals surface area contributed by atoms with E-state index in [2.05, 4.69) is 9.97 Å². The lowest BCUT2D eigenvalue weighted by molar-refractivity contribution is -0.505. The summed E-state index contributed by atoms with van der Waals surface area (Å²) in [5, 5.41) is 116. The summed E-state index contributed by atoms with van der Waals surface area (Å²) in [4.78, 5) is 50.3. The van der Waals surface area contributed by atoms with Crippen molar-refractivity contribution in [3.05, 3.63) is 56.1 Å². The molecule has 234 valence electrons. The van der Waals surface area contributed by atoms with Gasteiger partial charge in [-0.25, -0.2) is 9.59 Å². The second-order valence-electron chi connectivity index (χ2n) is 8.17. The Morgan fingerprint density at radius 3 is 1.00 bits per heavy atom. The number of H-pyrrole nitrogens is 2. The number of aromatic carboxylic acids is 2. The summed E-state index contributed by atoms with van der Waals surface area (Å²) in [6, 6.07) is 4.50. The molecule has 0 saturated carbocycles. The molecule has 0 fully saturated rings. The molecular weight excluding hydrogens is 584 g/mol. The molecule has 22 nitrogen and oxygen atoms in total. The van der Waals surface area contributed by atoms with Crippen LogP contribution in [0.3, 0.4) is 0 Å². The zero-order valence-corrected chi connectivity index (χ0v) is 21.1. The zero-order valence-electron chi connectivity index (χ0n) is 21.1. The molecule has 42 heavy (non-hydrogen) atoms. The zero-order chi connectivity index (χ0) is 33.2. The Morgan fingerprint density at radius 2 is 0.810 bits per heavy atom. The van der Waals surface area contributed by atoms with Crippen LogP contribution in [0, 0.1) is 0 Å². The molecule has 2 heterocycles. The van der Waals surface area contributed by atoms with Gasteiger partial charge in [0.15, 0.2) is 10.9 Å². The number of aliphatic hydroxyl groups is 12. The fraction of sp³-hybridized carbons (Fsp3) is 0.300. The number of carboxylic acid groups (broad SMARTS) is 2. The standard InChI is InChI=1S/C14H8N2O6.2C3H9NO6/c17-11-3-9(13(19)20)15-7-2-8-6(1-5(7)11)12(18)4-10(16-8)14(21)22;2*1-4(2(5,6)7)3(8,9)10/h1-4H,(H,15,17)(H,16,18)(H,19,20)(H,21,22);2*5-10H,1H3. The van der Waals surface area contributed by atoms with Gasteiger partial charge in [0.25, 0.3) is 0 Å². The predicted molar refractivity (Wildman–Crippen MR) is 130 cm³/mol. The monoisotopic (exact) mass is 610 g/mol. The molecule has 3 aromatic rings. The fourth-order valence-corrected chi connectivity index (χ4v) is 2.63. The molecule has 0 saturated heterocycles. The highest BCUT2D eigenvalue weighted by Gasteiger charge is 2.41. The highest BCUT2D eigenvalue weighted by Crippen LogP contribution is 2.17. The third-order valence-electron chi connectivity index (χ3n) is 5.04. The van der Waals surface area contributed by atoms with E-state index < -0.39 is 47.2 Å². The van der Waals surface area contributed by atoms with E-state index in [1.807, 2.05) is 0 Å². The molecule has 22 heteroatoms. The summed E-state index contributed by atoms with van der Waals surface area (Å²) in [6.45, 7) is 0. The molecular formula is C20H26N4O18. The maximum Gasteiger partial charge on any atom is 0.352 e. The van der Waals surface area contributed by atoms with Crippen LogP contribution >= 0.6 is 0 Å². The molecule has 0 bridgehead atoms. The van der Waals surface area contributed by atoms with Gasteiger partial charge in [-0.3, -0.25) is 9.59 Å². The normalized spacial score (nSPS) is 12.6. The van der Waals surface area contributed by atoms with E-state index in [4.69, 9.17) is 71.5 Å². The van der Waals surface area contributed by atoms with Gasteiger partial charge in [0.1, 0.15) is 11.4 Å². The van der Waals surface area contributed by atoms with Gasteiger partial charge in [-0.2, -0.15) is 9.80 Å². The van der Waals surface area contributed by atoms with Crippen LogP contribution in [-0.4, -0.2) is 142 Å². The van der Waals surface area contributed by atoms with Crippen molar-refractivity contribution >= 4 is 33.7 Å². The minimum Gasteiger partial charge on any atom is -0.477 e. The number of fused-ring (bicyclic) bond motifs is 2. The van der Waals surface area contributed by atoms with Crippen LogP contribution < -0.4 is 10.9 Å². The van der Waals surface area contributed by atoms with Crippen LogP contribution in [0.15, 0.2) is 33.9 Å². The van der Waals surface area contributed by atoms with Crippen LogP contribution in [0.25, 0.3) is 21.8 Å². The summed E-state index contributed by atoms with van der Waals surface area (Å²) in [5.41, 5.74) is -1.31. The number of benzene rings is 1. The number of hydrogen-bond donors (Lipinski definition) is 16. The molecule has 0 aliphatic carbocycles. The summed E-state index contributed by atoms with van der Waals surface area (Å²) in [7, 11) is 1.33. The number of carboxylic acids is 2. The van der Waals surface area contributed by atoms with E-state index in [0.717, 1.165) is 12.1 Å². The summed E-state index contributed by atoms with van der Waals surface area (Å²) in [6.07, 6.45) is -13.9. The molecule has 0 radical (unpaired) electrons. The predicted octanol–water partition coefficient (Wildman–Crippen LogP) is -7.04. The number of nitrogens with zero attached hydrogens (tertiary/aromatic N) is 2. The maximum absolute atomic E-state index is 11.9. The van der Waals surface area contributed by atoms with E-state index in [1.165, 1.54) is 12.1 Å². The Balaban J connectivity index is 0.000000370. The number of carbonyl (C=O) groups is 2. The van der Waals surface area contributed by atoms with E-state index in [1.54, 1.807) is 0 Å². The number of aromatic amines is 2. The molecule has 0 unspecified atom stereocenters. The second kappa shape index (κ2) is 12.5. The number of aromatic nitrogens is 2. The smallest absolute Gasteiger partial charge is 0.352 e. The second-order valence-corrected chi connectivity index (χ2v) is 8.17. The summed E-state index contributed by atoms with van der Waals surface area (Å²) >= 11 is 0. The van der Waals surface area contributed by atoms with Crippen LogP contribution in [0.2, 0.25) is 0 Å². The van der Waals surface area contributed by atoms with Crippen molar-refractivity contribution in [2.45, 2.75) is 24.4 Å². The van der Waals surface area contributed by atoms with Gasteiger partial charge >= 0.3 is 36.3 Å². The van der Waals surface area contributed by atoms with Crippen molar-refractivity contribution in [1.82, 2.24) is 19.8 Å². The quantitative estimate of drug-likeness (QED) is 0.0910. The SMILES string of the molecule is CN(C(O)(O)O)C(O)(O)O.CN(C(O)(O)O)C(O)(O)O.O=C(O)c1cc(=O)c2cc3c(=O)cc(C(=O)O)[nH]c3cc2[nH]1. The van der Waals surface area contributed by atoms with E-state index in [-0.39, 0.29) is 43.0 Å². The van der Waals surface area contributed by atoms with Crippen molar-refractivity contribution in [1.29, 1.82) is 0 Å². The summed E-state index contributed by atoms with van der Waals surface area (Å²) < 4.78 is 0.